The largest absolute Gasteiger partial charge is 0.390 e. The van der Waals surface area contributed by atoms with Crippen molar-refractivity contribution in [2.75, 3.05) is 0 Å². The Balaban J connectivity index is 4.27. The molecule has 1 N–H and O–H groups in total. The highest BCUT2D eigenvalue weighted by molar-refractivity contribution is 6.47. The lowest BCUT2D eigenvalue weighted by Crippen LogP contribution is -2.43. The molecule has 76 valence electrons. The third-order valence-electron chi connectivity index (χ3n) is 3.80. The molecule has 0 fully saturated rings. The first-order valence-corrected chi connectivity index (χ1v) is 5.45. The Morgan fingerprint density at radius 1 is 1.31 bits per heavy atom. The Bertz CT molecular complexity index is 149. The van der Waals surface area contributed by atoms with Crippen molar-refractivity contribution in [3.05, 3.63) is 0 Å². The van der Waals surface area contributed by atoms with Gasteiger partial charge in [-0.2, -0.15) is 0 Å². The van der Waals surface area contributed by atoms with Crippen LogP contribution >= 0.6 is 0 Å². The lowest BCUT2D eigenvalue weighted by atomic mass is 9.55. The van der Waals surface area contributed by atoms with Crippen LogP contribution in [0.15, 0.2) is 0 Å². The SMILES string of the molecule is BCBCC(C)C(C)(C)C(C)(C)O. The molecule has 0 aliphatic carbocycles. The molecule has 13 heavy (non-hydrogen) atoms. The van der Waals surface area contributed by atoms with Crippen molar-refractivity contribution in [2.45, 2.75) is 52.8 Å². The van der Waals surface area contributed by atoms with E-state index in [-0.39, 0.29) is 5.41 Å². The number of rotatable bonds is 5. The topological polar surface area (TPSA) is 20.2 Å². The van der Waals surface area contributed by atoms with Gasteiger partial charge in [-0.3, -0.25) is 0 Å². The van der Waals surface area contributed by atoms with Crippen LogP contribution in [0.2, 0.25) is 12.5 Å². The number of hydrogen-bond acceptors (Lipinski definition) is 1. The first-order chi connectivity index (χ1) is 5.73. The first kappa shape index (κ1) is 13.1. The van der Waals surface area contributed by atoms with E-state index in [9.17, 15) is 5.11 Å². The van der Waals surface area contributed by atoms with E-state index < -0.39 is 5.60 Å². The van der Waals surface area contributed by atoms with Crippen LogP contribution in [0.4, 0.5) is 0 Å². The molecule has 0 bridgehead atoms. The highest BCUT2D eigenvalue weighted by Crippen LogP contribution is 2.39. The second kappa shape index (κ2) is 4.54. The van der Waals surface area contributed by atoms with Crippen molar-refractivity contribution in [3.8, 4) is 0 Å². The van der Waals surface area contributed by atoms with Crippen molar-refractivity contribution in [1.29, 1.82) is 0 Å². The summed E-state index contributed by atoms with van der Waals surface area (Å²) < 4.78 is 0. The lowest BCUT2D eigenvalue weighted by molar-refractivity contribution is -0.0603. The minimum absolute atomic E-state index is 0.00215. The van der Waals surface area contributed by atoms with Gasteiger partial charge in [-0.1, -0.05) is 27.1 Å². The van der Waals surface area contributed by atoms with Crippen LogP contribution in [0.25, 0.3) is 0 Å². The summed E-state index contributed by atoms with van der Waals surface area (Å²) in [6.07, 6.45) is 2.46. The standard InChI is InChI=1S/C10H24B2O/c1-8(6-12-7-11)9(2,3)10(4,5)13/h8,12-13H,6-7,11H2,1-5H3. The number of aliphatic hydroxyl groups is 1. The fourth-order valence-corrected chi connectivity index (χ4v) is 1.47. The van der Waals surface area contributed by atoms with Crippen molar-refractivity contribution in [1.82, 2.24) is 0 Å². The zero-order chi connectivity index (χ0) is 10.7. The van der Waals surface area contributed by atoms with Crippen molar-refractivity contribution in [3.63, 3.8) is 0 Å². The van der Waals surface area contributed by atoms with Gasteiger partial charge in [-0.05, 0) is 25.2 Å². The van der Waals surface area contributed by atoms with Gasteiger partial charge < -0.3 is 5.11 Å². The maximum atomic E-state index is 10.0. The molecule has 1 nitrogen and oxygen atoms in total. The molecule has 0 aliphatic heterocycles. The third-order valence-corrected chi connectivity index (χ3v) is 3.80. The van der Waals surface area contributed by atoms with Gasteiger partial charge in [-0.15, -0.1) is 6.22 Å². The predicted molar refractivity (Wildman–Crippen MR) is 64.5 cm³/mol. The number of hydrogen-bond donors (Lipinski definition) is 1. The lowest BCUT2D eigenvalue weighted by Gasteiger charge is -2.42. The van der Waals surface area contributed by atoms with Crippen LogP contribution < -0.4 is 0 Å². The normalized spacial score (nSPS) is 15.5. The molecule has 0 heterocycles. The highest BCUT2D eigenvalue weighted by atomic mass is 16.3. The van der Waals surface area contributed by atoms with E-state index in [0.29, 0.717) is 5.92 Å². The van der Waals surface area contributed by atoms with Gasteiger partial charge in [-0.25, -0.2) is 0 Å². The Morgan fingerprint density at radius 2 is 1.77 bits per heavy atom. The van der Waals surface area contributed by atoms with Crippen molar-refractivity contribution >= 4 is 15.1 Å². The van der Waals surface area contributed by atoms with Crippen LogP contribution in [0.5, 0.6) is 0 Å². The summed E-state index contributed by atoms with van der Waals surface area (Å²) in [6, 6.07) is 0. The molecule has 0 spiro atoms. The van der Waals surface area contributed by atoms with Crippen LogP contribution in [-0.4, -0.2) is 25.8 Å². The molecule has 1 unspecified atom stereocenters. The van der Waals surface area contributed by atoms with E-state index in [1.54, 1.807) is 0 Å². The summed E-state index contributed by atoms with van der Waals surface area (Å²) >= 11 is 0. The minimum Gasteiger partial charge on any atom is -0.390 e. The zero-order valence-corrected chi connectivity index (χ0v) is 10.1. The fraction of sp³-hybridized carbons (Fsp3) is 1.00. The summed E-state index contributed by atoms with van der Waals surface area (Å²) in [7, 11) is 3.48. The van der Waals surface area contributed by atoms with Gasteiger partial charge in [0.05, 0.1) is 13.4 Å². The van der Waals surface area contributed by atoms with E-state index in [4.69, 9.17) is 0 Å². The molecule has 0 aromatic rings. The van der Waals surface area contributed by atoms with Crippen LogP contribution in [0.3, 0.4) is 0 Å². The second-order valence-corrected chi connectivity index (χ2v) is 5.32. The quantitative estimate of drug-likeness (QED) is 0.635. The van der Waals surface area contributed by atoms with Crippen molar-refractivity contribution < 1.29 is 5.11 Å². The Hall–Kier alpha value is 0.0899. The average molecular weight is 182 g/mol. The molecule has 0 aliphatic rings. The molecule has 1 atom stereocenters. The van der Waals surface area contributed by atoms with E-state index in [2.05, 4.69) is 28.6 Å². The Kier molecular flexibility index (Phi) is 4.58. The first-order valence-electron chi connectivity index (χ1n) is 5.45. The second-order valence-electron chi connectivity index (χ2n) is 5.32. The van der Waals surface area contributed by atoms with Gasteiger partial charge in [0, 0.05) is 0 Å². The van der Waals surface area contributed by atoms with Crippen LogP contribution in [0, 0.1) is 11.3 Å². The molecular weight excluding hydrogens is 158 g/mol. The molecule has 0 amide bonds. The summed E-state index contributed by atoms with van der Waals surface area (Å²) in [5.74, 6) is 0.576. The maximum absolute atomic E-state index is 10.0. The zero-order valence-electron chi connectivity index (χ0n) is 10.1. The van der Waals surface area contributed by atoms with Gasteiger partial charge in [0.15, 0.2) is 0 Å². The Morgan fingerprint density at radius 3 is 2.08 bits per heavy atom. The molecule has 3 heteroatoms. The smallest absolute Gasteiger partial charge is 0.113 e. The Labute approximate surface area is 85.0 Å². The summed E-state index contributed by atoms with van der Waals surface area (Å²) in [5, 5.41) is 10.0. The van der Waals surface area contributed by atoms with E-state index in [0.717, 1.165) is 0 Å². The molecule has 0 saturated heterocycles. The van der Waals surface area contributed by atoms with Gasteiger partial charge >= 0.3 is 0 Å². The minimum atomic E-state index is -0.583. The third kappa shape index (κ3) is 3.38. The molecule has 0 rings (SSSR count). The van der Waals surface area contributed by atoms with Crippen LogP contribution in [0.1, 0.15) is 34.6 Å². The molecule has 0 aromatic heterocycles. The monoisotopic (exact) mass is 182 g/mol. The van der Waals surface area contributed by atoms with Gasteiger partial charge in [0.1, 0.15) is 7.28 Å². The highest BCUT2D eigenvalue weighted by Gasteiger charge is 2.38. The van der Waals surface area contributed by atoms with Crippen molar-refractivity contribution in [2.24, 2.45) is 11.3 Å². The summed E-state index contributed by atoms with van der Waals surface area (Å²) in [4.78, 5) is 0. The fourth-order valence-electron chi connectivity index (χ4n) is 1.47. The molecule has 0 radical (unpaired) electrons. The van der Waals surface area contributed by atoms with E-state index >= 15 is 0 Å². The maximum Gasteiger partial charge on any atom is 0.113 e. The predicted octanol–water partition coefficient (Wildman–Crippen LogP) is 1.28. The average Bonchev–Trinajstić information content (AvgIpc) is 1.97. The molecule has 0 aromatic carbocycles. The van der Waals surface area contributed by atoms with E-state index in [1.165, 1.54) is 19.8 Å². The van der Waals surface area contributed by atoms with Crippen LogP contribution in [-0.2, 0) is 0 Å². The summed E-state index contributed by atoms with van der Waals surface area (Å²) in [5.41, 5.74) is -0.581. The molecular formula is C10H24B2O. The van der Waals surface area contributed by atoms with E-state index in [1.807, 2.05) is 13.8 Å². The van der Waals surface area contributed by atoms with Gasteiger partial charge in [0.25, 0.3) is 0 Å². The van der Waals surface area contributed by atoms with Gasteiger partial charge in [0.2, 0.25) is 0 Å². The summed E-state index contributed by atoms with van der Waals surface area (Å²) in [6.45, 7) is 10.4. The molecule has 0 saturated carbocycles.